The predicted molar refractivity (Wildman–Crippen MR) is 100 cm³/mol. The number of unbranched alkanes of at least 4 members (excludes halogenated alkanes) is 3. The summed E-state index contributed by atoms with van der Waals surface area (Å²) < 4.78 is 4.77. The zero-order chi connectivity index (χ0) is 16.6. The first-order valence-corrected chi connectivity index (χ1v) is 16.6. The summed E-state index contributed by atoms with van der Waals surface area (Å²) in [6.45, 7) is 9.41. The van der Waals surface area contributed by atoms with Crippen LogP contribution in [0, 0.1) is 0 Å². The Morgan fingerprint density at radius 1 is 0.773 bits per heavy atom. The zero-order valence-corrected chi connectivity index (χ0v) is 17.7. The number of hydrogen-bond donors (Lipinski definition) is 1. The van der Waals surface area contributed by atoms with E-state index in [1.54, 1.807) is 0 Å². The molecular weight excluding hydrogens is 381 g/mol. The van der Waals surface area contributed by atoms with Crippen LogP contribution in [0.15, 0.2) is 9.59 Å². The molecule has 0 heterocycles. The molecule has 22 heavy (non-hydrogen) atoms. The summed E-state index contributed by atoms with van der Waals surface area (Å²) in [6, 6.07) is 0. The SMILES string of the molecule is CCC[CH2][Sn]([CH2]CCC)([CH2]CCC)[c]1c(NCC)c(=O)c1=O. The van der Waals surface area contributed by atoms with Crippen LogP contribution in [0.3, 0.4) is 0 Å². The van der Waals surface area contributed by atoms with Crippen LogP contribution in [0.25, 0.3) is 0 Å². The third-order valence-corrected chi connectivity index (χ3v) is 20.4. The molecule has 0 spiro atoms. The van der Waals surface area contributed by atoms with Gasteiger partial charge in [0.2, 0.25) is 0 Å². The minimum absolute atomic E-state index is 0.130. The Kier molecular flexibility index (Phi) is 8.73. The van der Waals surface area contributed by atoms with Crippen LogP contribution < -0.4 is 19.8 Å². The summed E-state index contributed by atoms with van der Waals surface area (Å²) in [6.07, 6.45) is 7.20. The maximum absolute atomic E-state index is 12.4. The van der Waals surface area contributed by atoms with Gasteiger partial charge in [0.15, 0.2) is 0 Å². The van der Waals surface area contributed by atoms with E-state index in [0.29, 0.717) is 5.69 Å². The van der Waals surface area contributed by atoms with E-state index in [4.69, 9.17) is 0 Å². The first kappa shape index (κ1) is 19.7. The molecule has 0 fully saturated rings. The summed E-state index contributed by atoms with van der Waals surface area (Å²) in [5.41, 5.74) is 0.337. The average molecular weight is 414 g/mol. The fourth-order valence-corrected chi connectivity index (χ4v) is 20.4. The third kappa shape index (κ3) is 4.36. The van der Waals surface area contributed by atoms with E-state index in [9.17, 15) is 9.59 Å². The van der Waals surface area contributed by atoms with Crippen molar-refractivity contribution in [1.82, 2.24) is 0 Å². The van der Waals surface area contributed by atoms with Crippen molar-refractivity contribution >= 4 is 27.6 Å². The van der Waals surface area contributed by atoms with Crippen LogP contribution >= 0.6 is 0 Å². The van der Waals surface area contributed by atoms with Crippen LogP contribution in [0.2, 0.25) is 13.3 Å². The van der Waals surface area contributed by atoms with Gasteiger partial charge < -0.3 is 0 Å². The summed E-state index contributed by atoms with van der Waals surface area (Å²) in [5, 5.41) is 3.21. The molecule has 0 aliphatic rings. The third-order valence-electron chi connectivity index (χ3n) is 4.82. The maximum atomic E-state index is 12.4. The number of anilines is 1. The van der Waals surface area contributed by atoms with Gasteiger partial charge in [-0.3, -0.25) is 0 Å². The minimum atomic E-state index is -2.73. The molecule has 0 saturated carbocycles. The molecule has 4 heteroatoms. The molecule has 0 aliphatic heterocycles. The van der Waals surface area contributed by atoms with Gasteiger partial charge >= 0.3 is 139 Å². The van der Waals surface area contributed by atoms with Gasteiger partial charge in [0.05, 0.1) is 0 Å². The van der Waals surface area contributed by atoms with Gasteiger partial charge in [-0.05, 0) is 0 Å². The molecule has 1 aromatic rings. The van der Waals surface area contributed by atoms with E-state index in [0.717, 1.165) is 10.1 Å². The van der Waals surface area contributed by atoms with E-state index in [1.165, 1.54) is 51.8 Å². The Morgan fingerprint density at radius 3 is 1.59 bits per heavy atom. The van der Waals surface area contributed by atoms with Crippen molar-refractivity contribution in [2.24, 2.45) is 0 Å². The van der Waals surface area contributed by atoms with E-state index in [1.807, 2.05) is 6.92 Å². The summed E-state index contributed by atoms with van der Waals surface area (Å²) >= 11 is -2.73. The summed E-state index contributed by atoms with van der Waals surface area (Å²) in [7, 11) is 0. The van der Waals surface area contributed by atoms with E-state index < -0.39 is 18.4 Å². The van der Waals surface area contributed by atoms with E-state index in [2.05, 4.69) is 26.1 Å². The van der Waals surface area contributed by atoms with Crippen molar-refractivity contribution in [3.05, 3.63) is 20.4 Å². The van der Waals surface area contributed by atoms with Crippen LogP contribution in [0.1, 0.15) is 66.2 Å². The number of hydrogen-bond acceptors (Lipinski definition) is 3. The average Bonchev–Trinajstić information content (AvgIpc) is 2.54. The Balaban J connectivity index is 3.23. The van der Waals surface area contributed by atoms with E-state index in [-0.39, 0.29) is 10.9 Å². The molecule has 126 valence electrons. The normalized spacial score (nSPS) is 12.0. The molecule has 0 saturated heterocycles. The second-order valence-electron chi connectivity index (χ2n) is 6.53. The van der Waals surface area contributed by atoms with Crippen molar-refractivity contribution in [3.8, 4) is 0 Å². The molecule has 0 unspecified atom stereocenters. The fraction of sp³-hybridized carbons (Fsp3) is 0.778. The Bertz CT molecular complexity index is 495. The second-order valence-corrected chi connectivity index (χ2v) is 19.5. The molecule has 0 radical (unpaired) electrons. The van der Waals surface area contributed by atoms with Crippen LogP contribution in [0.4, 0.5) is 5.69 Å². The van der Waals surface area contributed by atoms with Crippen molar-refractivity contribution < 1.29 is 0 Å². The molecule has 1 N–H and O–H groups in total. The number of nitrogens with one attached hydrogen (secondary N) is 1. The van der Waals surface area contributed by atoms with Gasteiger partial charge in [-0.15, -0.1) is 0 Å². The van der Waals surface area contributed by atoms with Crippen molar-refractivity contribution in [2.75, 3.05) is 11.9 Å². The molecule has 3 nitrogen and oxygen atoms in total. The first-order valence-electron chi connectivity index (χ1n) is 9.15. The fourth-order valence-electron chi connectivity index (χ4n) is 3.54. The summed E-state index contributed by atoms with van der Waals surface area (Å²) in [5.74, 6) is 0. The van der Waals surface area contributed by atoms with Gasteiger partial charge in [-0.1, -0.05) is 0 Å². The van der Waals surface area contributed by atoms with Gasteiger partial charge in [0.1, 0.15) is 0 Å². The molecule has 1 aromatic carbocycles. The van der Waals surface area contributed by atoms with Crippen LogP contribution in [-0.4, -0.2) is 24.9 Å². The van der Waals surface area contributed by atoms with E-state index >= 15 is 0 Å². The Labute approximate surface area is 139 Å². The zero-order valence-electron chi connectivity index (χ0n) is 14.9. The molecule has 0 aromatic heterocycles. The Morgan fingerprint density at radius 2 is 1.23 bits per heavy atom. The van der Waals surface area contributed by atoms with Crippen LogP contribution in [-0.2, 0) is 0 Å². The van der Waals surface area contributed by atoms with Crippen molar-refractivity contribution in [3.63, 3.8) is 0 Å². The quantitative estimate of drug-likeness (QED) is 0.419. The van der Waals surface area contributed by atoms with Crippen LogP contribution in [0.5, 0.6) is 0 Å². The van der Waals surface area contributed by atoms with Crippen molar-refractivity contribution in [2.45, 2.75) is 79.5 Å². The summed E-state index contributed by atoms with van der Waals surface area (Å²) in [4.78, 5) is 24.4. The molecule has 1 rings (SSSR count). The second kappa shape index (κ2) is 9.74. The standard InChI is InChI=1S/C6H6NO2.3C4H9.Sn/c1-2-7-4-3-5(8)6(4)9;3*1-3-4-2;/h7H,2H2,1H3;3*1,3-4H2,2H3;. The molecular formula is C18H33NO2Sn. The molecule has 0 aliphatic carbocycles. The topological polar surface area (TPSA) is 46.2 Å². The van der Waals surface area contributed by atoms with Gasteiger partial charge in [0, 0.05) is 0 Å². The molecule has 0 bridgehead atoms. The number of rotatable bonds is 12. The molecule has 0 atom stereocenters. The Hall–Kier alpha value is -0.321. The predicted octanol–water partition coefficient (Wildman–Crippen LogP) is 3.77. The monoisotopic (exact) mass is 415 g/mol. The molecule has 0 amide bonds. The van der Waals surface area contributed by atoms with Gasteiger partial charge in [-0.25, -0.2) is 0 Å². The van der Waals surface area contributed by atoms with Gasteiger partial charge in [0.25, 0.3) is 0 Å². The van der Waals surface area contributed by atoms with Gasteiger partial charge in [-0.2, -0.15) is 0 Å². The van der Waals surface area contributed by atoms with Crippen molar-refractivity contribution in [1.29, 1.82) is 0 Å². The first-order chi connectivity index (χ1) is 10.6.